The molecule has 1 aliphatic rings. The molecule has 6 rings (SSSR count). The Morgan fingerprint density at radius 1 is 0.812 bits per heavy atom. The Hall–Kier alpha value is -3.85. The van der Waals surface area contributed by atoms with Gasteiger partial charge in [-0.3, -0.25) is 0 Å². The Morgan fingerprint density at radius 3 is 2.41 bits per heavy atom. The van der Waals surface area contributed by atoms with Gasteiger partial charge in [0, 0.05) is 16.2 Å². The molecule has 5 aromatic rings. The highest BCUT2D eigenvalue weighted by molar-refractivity contribution is 6.13. The number of hydrogen-bond acceptors (Lipinski definition) is 2. The summed E-state index contributed by atoms with van der Waals surface area (Å²) < 4.78 is 7.42. The number of carbonyl (C=O) groups excluding carboxylic acids is 1. The fraction of sp³-hybridized carbons (Fsp3) is 0.138. The van der Waals surface area contributed by atoms with E-state index < -0.39 is 0 Å². The van der Waals surface area contributed by atoms with Gasteiger partial charge in [-0.2, -0.15) is 0 Å². The Morgan fingerprint density at radius 2 is 1.56 bits per heavy atom. The third-order valence-corrected chi connectivity index (χ3v) is 6.92. The fourth-order valence-corrected chi connectivity index (χ4v) is 5.36. The molecule has 0 fully saturated rings. The van der Waals surface area contributed by atoms with Crippen LogP contribution in [-0.4, -0.2) is 17.6 Å². The second kappa shape index (κ2) is 6.57. The zero-order valence-electron chi connectivity index (χ0n) is 18.3. The minimum Gasteiger partial charge on any atom is -0.465 e. The van der Waals surface area contributed by atoms with Crippen LogP contribution in [0.15, 0.2) is 84.9 Å². The molecular formula is C29H23NO2. The Kier molecular flexibility index (Phi) is 3.88. The molecule has 156 valence electrons. The van der Waals surface area contributed by atoms with E-state index in [4.69, 9.17) is 4.74 Å². The fourth-order valence-electron chi connectivity index (χ4n) is 5.36. The van der Waals surface area contributed by atoms with E-state index in [0.717, 1.165) is 11.1 Å². The van der Waals surface area contributed by atoms with Crippen LogP contribution in [0.5, 0.6) is 0 Å². The first-order chi connectivity index (χ1) is 15.5. The molecule has 0 aliphatic carbocycles. The van der Waals surface area contributed by atoms with Crippen molar-refractivity contribution in [2.75, 3.05) is 7.11 Å². The molecular weight excluding hydrogens is 394 g/mol. The molecule has 0 spiro atoms. The number of para-hydroxylation sites is 2. The molecule has 32 heavy (non-hydrogen) atoms. The number of methoxy groups -OCH3 is 1. The second-order valence-electron chi connectivity index (χ2n) is 8.95. The number of ether oxygens (including phenoxy) is 1. The van der Waals surface area contributed by atoms with Gasteiger partial charge >= 0.3 is 5.97 Å². The Bertz CT molecular complexity index is 1550. The summed E-state index contributed by atoms with van der Waals surface area (Å²) in [6, 6.07) is 29.4. The topological polar surface area (TPSA) is 31.2 Å². The summed E-state index contributed by atoms with van der Waals surface area (Å²) in [4.78, 5) is 12.4. The first kappa shape index (κ1) is 18.9. The van der Waals surface area contributed by atoms with Crippen LogP contribution in [-0.2, 0) is 10.2 Å². The second-order valence-corrected chi connectivity index (χ2v) is 8.95. The van der Waals surface area contributed by atoms with E-state index in [9.17, 15) is 4.79 Å². The van der Waals surface area contributed by atoms with Crippen LogP contribution in [0.2, 0.25) is 0 Å². The molecule has 0 saturated carbocycles. The molecule has 3 heteroatoms. The van der Waals surface area contributed by atoms with Crippen LogP contribution < -0.4 is 0 Å². The predicted molar refractivity (Wildman–Crippen MR) is 130 cm³/mol. The minimum absolute atomic E-state index is 0.0825. The smallest absolute Gasteiger partial charge is 0.338 e. The molecule has 0 N–H and O–H groups in total. The molecule has 2 heterocycles. The predicted octanol–water partition coefficient (Wildman–Crippen LogP) is 6.88. The van der Waals surface area contributed by atoms with Crippen LogP contribution in [0.1, 0.15) is 35.3 Å². The highest BCUT2D eigenvalue weighted by atomic mass is 16.5. The first-order valence-electron chi connectivity index (χ1n) is 10.9. The summed E-state index contributed by atoms with van der Waals surface area (Å²) in [6.07, 6.45) is 0. The largest absolute Gasteiger partial charge is 0.465 e. The lowest BCUT2D eigenvalue weighted by Gasteiger charge is -2.34. The van der Waals surface area contributed by atoms with Crippen molar-refractivity contribution in [3.8, 4) is 16.8 Å². The van der Waals surface area contributed by atoms with E-state index in [-0.39, 0.29) is 11.4 Å². The highest BCUT2D eigenvalue weighted by Crippen LogP contribution is 2.47. The van der Waals surface area contributed by atoms with Crippen molar-refractivity contribution in [1.29, 1.82) is 0 Å². The van der Waals surface area contributed by atoms with Gasteiger partial charge in [0.15, 0.2) is 0 Å². The van der Waals surface area contributed by atoms with Crippen molar-refractivity contribution in [3.63, 3.8) is 0 Å². The van der Waals surface area contributed by atoms with Crippen LogP contribution >= 0.6 is 0 Å². The summed E-state index contributed by atoms with van der Waals surface area (Å²) in [5, 5.41) is 2.42. The van der Waals surface area contributed by atoms with Gasteiger partial charge in [-0.05, 0) is 46.5 Å². The van der Waals surface area contributed by atoms with Gasteiger partial charge < -0.3 is 9.30 Å². The van der Waals surface area contributed by atoms with E-state index in [0.29, 0.717) is 5.56 Å². The van der Waals surface area contributed by atoms with Crippen LogP contribution in [0.25, 0.3) is 38.6 Å². The Labute approximate surface area is 186 Å². The summed E-state index contributed by atoms with van der Waals surface area (Å²) in [7, 11) is 1.42. The maximum Gasteiger partial charge on any atom is 0.338 e. The number of fused-ring (bicyclic) bond motifs is 5. The van der Waals surface area contributed by atoms with Gasteiger partial charge in [-0.1, -0.05) is 74.5 Å². The van der Waals surface area contributed by atoms with Gasteiger partial charge in [0.25, 0.3) is 0 Å². The maximum atomic E-state index is 12.4. The van der Waals surface area contributed by atoms with E-state index in [1.807, 2.05) is 24.3 Å². The first-order valence-corrected chi connectivity index (χ1v) is 10.9. The summed E-state index contributed by atoms with van der Waals surface area (Å²) >= 11 is 0. The zero-order chi connectivity index (χ0) is 22.0. The third-order valence-electron chi connectivity index (χ3n) is 6.92. The molecule has 1 aliphatic heterocycles. The number of aromatic nitrogens is 1. The van der Waals surface area contributed by atoms with E-state index in [2.05, 4.69) is 79.1 Å². The number of nitrogens with zero attached hydrogens (tertiary/aromatic N) is 1. The molecule has 0 radical (unpaired) electrons. The molecule has 1 aromatic heterocycles. The number of rotatable bonds is 2. The van der Waals surface area contributed by atoms with Crippen molar-refractivity contribution in [3.05, 3.63) is 102 Å². The number of carbonyl (C=O) groups is 1. The standard InChI is InChI=1S/C29H23NO2/c1-29(2)23-12-6-7-14-26(23)30-25-16-15-18(19-9-4-5-10-21(19)28(31)32-3)17-22(25)20-11-8-13-24(29)27(20)30/h4-17H,1-3H3. The lowest BCUT2D eigenvalue weighted by molar-refractivity contribution is 0.0601. The highest BCUT2D eigenvalue weighted by Gasteiger charge is 2.34. The van der Waals surface area contributed by atoms with E-state index >= 15 is 0 Å². The van der Waals surface area contributed by atoms with Crippen molar-refractivity contribution in [2.45, 2.75) is 19.3 Å². The third kappa shape index (κ3) is 2.39. The van der Waals surface area contributed by atoms with Gasteiger partial charge in [-0.15, -0.1) is 0 Å². The average Bonchev–Trinajstić information content (AvgIpc) is 3.16. The molecule has 0 amide bonds. The zero-order valence-corrected chi connectivity index (χ0v) is 18.3. The lowest BCUT2D eigenvalue weighted by Crippen LogP contribution is -2.26. The van der Waals surface area contributed by atoms with Crippen molar-refractivity contribution in [2.24, 2.45) is 0 Å². The summed E-state index contributed by atoms with van der Waals surface area (Å²) in [6.45, 7) is 4.61. The minimum atomic E-state index is -0.320. The van der Waals surface area contributed by atoms with Crippen LogP contribution in [0.4, 0.5) is 0 Å². The quantitative estimate of drug-likeness (QED) is 0.293. The van der Waals surface area contributed by atoms with Gasteiger partial charge in [0.1, 0.15) is 0 Å². The van der Waals surface area contributed by atoms with E-state index in [1.54, 1.807) is 0 Å². The molecule has 0 unspecified atom stereocenters. The van der Waals surface area contributed by atoms with Gasteiger partial charge in [-0.25, -0.2) is 4.79 Å². The normalized spacial score (nSPS) is 13.8. The molecule has 0 bridgehead atoms. The summed E-state index contributed by atoms with van der Waals surface area (Å²) in [5.41, 5.74) is 8.73. The molecule has 3 nitrogen and oxygen atoms in total. The average molecular weight is 418 g/mol. The number of benzene rings is 4. The monoisotopic (exact) mass is 417 g/mol. The van der Waals surface area contributed by atoms with Gasteiger partial charge in [0.2, 0.25) is 0 Å². The van der Waals surface area contributed by atoms with Gasteiger partial charge in [0.05, 0.1) is 29.4 Å². The SMILES string of the molecule is COC(=O)c1ccccc1-c1ccc2c(c1)c1cccc3c1n2-c1ccccc1C3(C)C. The number of hydrogen-bond donors (Lipinski definition) is 0. The molecule has 0 atom stereocenters. The number of esters is 1. The van der Waals surface area contributed by atoms with Crippen molar-refractivity contribution in [1.82, 2.24) is 4.57 Å². The van der Waals surface area contributed by atoms with E-state index in [1.165, 1.54) is 45.7 Å². The van der Waals surface area contributed by atoms with Crippen molar-refractivity contribution >= 4 is 27.8 Å². The Balaban J connectivity index is 1.71. The molecule has 4 aromatic carbocycles. The summed E-state index contributed by atoms with van der Waals surface area (Å²) in [5.74, 6) is -0.320. The van der Waals surface area contributed by atoms with Crippen LogP contribution in [0.3, 0.4) is 0 Å². The molecule has 0 saturated heterocycles. The van der Waals surface area contributed by atoms with Crippen LogP contribution in [0, 0.1) is 0 Å². The lowest BCUT2D eigenvalue weighted by atomic mass is 9.75. The van der Waals surface area contributed by atoms with Crippen molar-refractivity contribution < 1.29 is 9.53 Å². The maximum absolute atomic E-state index is 12.4.